The van der Waals surface area contributed by atoms with Gasteiger partial charge in [0.1, 0.15) is 11.8 Å². The smallest absolute Gasteiger partial charge is 0.307 e. The van der Waals surface area contributed by atoms with E-state index < -0.39 is 11.8 Å². The molecule has 0 fully saturated rings. The van der Waals surface area contributed by atoms with Crippen LogP contribution in [-0.2, 0) is 16.0 Å². The number of nitrogens with zero attached hydrogens (tertiary/aromatic N) is 5. The van der Waals surface area contributed by atoms with E-state index in [-0.39, 0.29) is 32.8 Å². The van der Waals surface area contributed by atoms with Gasteiger partial charge >= 0.3 is 5.97 Å². The van der Waals surface area contributed by atoms with Crippen LogP contribution in [0.5, 0.6) is 0 Å². The molecular formula is C24H22BrN5O4. The summed E-state index contributed by atoms with van der Waals surface area (Å²) in [5.41, 5.74) is 3.46. The third-order valence-electron chi connectivity index (χ3n) is 5.85. The second-order valence-electron chi connectivity index (χ2n) is 7.95. The monoisotopic (exact) mass is 523 g/mol. The second-order valence-corrected chi connectivity index (χ2v) is 8.74. The highest BCUT2D eigenvalue weighted by Gasteiger charge is 2.37. The first-order chi connectivity index (χ1) is 16.3. The molecule has 2 aliphatic rings. The molecule has 0 atom stereocenters. The maximum Gasteiger partial charge on any atom is 0.307 e. The standard InChI is InChI=1S/C24H22BrN5O4/c1-3-34-19(31)8-10-30-9-4-5-14-11-16(6-7-18(14)30)27-28-22-15(13-26)12-17-20(21(22)25)24(33)29(2)23(17)32/h6-7,11-12H,3-5,8-10H2,1-2H3/b28-27+. The van der Waals surface area contributed by atoms with Gasteiger partial charge in [-0.2, -0.15) is 10.4 Å². The van der Waals surface area contributed by atoms with Crippen molar-refractivity contribution in [3.63, 3.8) is 0 Å². The molecule has 34 heavy (non-hydrogen) atoms. The summed E-state index contributed by atoms with van der Waals surface area (Å²) in [4.78, 5) is 39.7. The average molecular weight is 524 g/mol. The first kappa shape index (κ1) is 23.6. The topological polar surface area (TPSA) is 115 Å². The van der Waals surface area contributed by atoms with Crippen LogP contribution in [0.4, 0.5) is 17.1 Å². The quantitative estimate of drug-likeness (QED) is 0.308. The van der Waals surface area contributed by atoms with E-state index in [0.29, 0.717) is 25.3 Å². The second kappa shape index (κ2) is 9.73. The molecule has 0 saturated heterocycles. The van der Waals surface area contributed by atoms with Crippen molar-refractivity contribution in [2.45, 2.75) is 26.2 Å². The van der Waals surface area contributed by atoms with Gasteiger partial charge in [-0.1, -0.05) is 0 Å². The van der Waals surface area contributed by atoms with Gasteiger partial charge in [-0.25, -0.2) is 0 Å². The van der Waals surface area contributed by atoms with E-state index in [4.69, 9.17) is 4.74 Å². The third kappa shape index (κ3) is 4.31. The fourth-order valence-electron chi connectivity index (χ4n) is 4.16. The normalized spacial score (nSPS) is 14.9. The first-order valence-electron chi connectivity index (χ1n) is 10.9. The molecule has 2 heterocycles. The highest BCUT2D eigenvalue weighted by Crippen LogP contribution is 2.40. The Morgan fingerprint density at radius 1 is 1.24 bits per heavy atom. The summed E-state index contributed by atoms with van der Waals surface area (Å²) in [7, 11) is 1.40. The Hall–Kier alpha value is -3.58. The Bertz CT molecular complexity index is 1270. The summed E-state index contributed by atoms with van der Waals surface area (Å²) in [6, 6.07) is 9.12. The summed E-state index contributed by atoms with van der Waals surface area (Å²) >= 11 is 3.35. The number of ether oxygens (including phenoxy) is 1. The molecule has 2 aromatic carbocycles. The van der Waals surface area contributed by atoms with Crippen LogP contribution in [0, 0.1) is 11.3 Å². The van der Waals surface area contributed by atoms with Crippen molar-refractivity contribution in [3.8, 4) is 6.07 Å². The number of hydrogen-bond donors (Lipinski definition) is 0. The first-order valence-corrected chi connectivity index (χ1v) is 11.7. The van der Waals surface area contributed by atoms with E-state index in [1.54, 1.807) is 6.92 Å². The number of azo groups is 1. The molecule has 2 amide bonds. The minimum atomic E-state index is -0.456. The molecule has 0 N–H and O–H groups in total. The van der Waals surface area contributed by atoms with E-state index in [1.165, 1.54) is 13.1 Å². The molecule has 0 unspecified atom stereocenters. The summed E-state index contributed by atoms with van der Waals surface area (Å²) in [6.45, 7) is 3.61. The summed E-state index contributed by atoms with van der Waals surface area (Å²) in [5.74, 6) is -1.12. The third-order valence-corrected chi connectivity index (χ3v) is 6.62. The number of nitriles is 1. The van der Waals surface area contributed by atoms with Crippen LogP contribution in [0.25, 0.3) is 0 Å². The molecule has 0 saturated carbocycles. The molecular weight excluding hydrogens is 502 g/mol. The van der Waals surface area contributed by atoms with E-state index >= 15 is 0 Å². The van der Waals surface area contributed by atoms with Crippen molar-refractivity contribution in [1.82, 2.24) is 4.90 Å². The van der Waals surface area contributed by atoms with E-state index in [2.05, 4.69) is 31.1 Å². The Balaban J connectivity index is 1.60. The molecule has 0 aliphatic carbocycles. The summed E-state index contributed by atoms with van der Waals surface area (Å²) in [6.07, 6.45) is 2.16. The number of anilines is 1. The Morgan fingerprint density at radius 3 is 2.76 bits per heavy atom. The minimum absolute atomic E-state index is 0.147. The molecule has 10 heteroatoms. The molecule has 174 valence electrons. The fraction of sp³-hybridized carbons (Fsp3) is 0.333. The van der Waals surface area contributed by atoms with Gasteiger partial charge in [0, 0.05) is 25.8 Å². The number of amides is 2. The van der Waals surface area contributed by atoms with Crippen molar-refractivity contribution in [3.05, 3.63) is 51.0 Å². The van der Waals surface area contributed by atoms with Crippen LogP contribution in [0.15, 0.2) is 39.0 Å². The highest BCUT2D eigenvalue weighted by molar-refractivity contribution is 9.10. The van der Waals surface area contributed by atoms with Gasteiger partial charge in [0.15, 0.2) is 0 Å². The lowest BCUT2D eigenvalue weighted by Gasteiger charge is -2.31. The lowest BCUT2D eigenvalue weighted by Crippen LogP contribution is -2.31. The number of carbonyl (C=O) groups is 3. The lowest BCUT2D eigenvalue weighted by atomic mass is 10.0. The number of halogens is 1. The van der Waals surface area contributed by atoms with Crippen LogP contribution in [0.2, 0.25) is 0 Å². The van der Waals surface area contributed by atoms with Gasteiger partial charge in [0.25, 0.3) is 11.8 Å². The zero-order chi connectivity index (χ0) is 24.4. The Kier molecular flexibility index (Phi) is 6.75. The molecule has 2 aliphatic heterocycles. The van der Waals surface area contributed by atoms with Crippen LogP contribution in [-0.4, -0.2) is 49.4 Å². The van der Waals surface area contributed by atoms with Crippen molar-refractivity contribution in [2.75, 3.05) is 31.6 Å². The van der Waals surface area contributed by atoms with Crippen LogP contribution < -0.4 is 4.90 Å². The van der Waals surface area contributed by atoms with Gasteiger partial charge in [0.2, 0.25) is 0 Å². The molecule has 9 nitrogen and oxygen atoms in total. The van der Waals surface area contributed by atoms with E-state index in [9.17, 15) is 19.6 Å². The Morgan fingerprint density at radius 2 is 2.03 bits per heavy atom. The zero-order valence-corrected chi connectivity index (χ0v) is 20.4. The van der Waals surface area contributed by atoms with Crippen LogP contribution in [0.1, 0.15) is 51.6 Å². The number of imide groups is 1. The maximum absolute atomic E-state index is 12.5. The van der Waals surface area contributed by atoms with Gasteiger partial charge in [-0.3, -0.25) is 19.3 Å². The van der Waals surface area contributed by atoms with E-state index in [1.807, 2.05) is 24.3 Å². The summed E-state index contributed by atoms with van der Waals surface area (Å²) in [5, 5.41) is 18.1. The SMILES string of the molecule is CCOC(=O)CCN1CCCc2cc(/N=N/c3c(C#N)cc4c(c3Br)C(=O)N(C)C4=O)ccc21. The number of rotatable bonds is 6. The van der Waals surface area contributed by atoms with Crippen molar-refractivity contribution in [1.29, 1.82) is 5.26 Å². The van der Waals surface area contributed by atoms with Gasteiger partial charge in [-0.15, -0.1) is 5.11 Å². The molecule has 2 aromatic rings. The van der Waals surface area contributed by atoms with Crippen LogP contribution in [0.3, 0.4) is 0 Å². The zero-order valence-electron chi connectivity index (χ0n) is 18.8. The number of hydrogen-bond acceptors (Lipinski definition) is 8. The van der Waals surface area contributed by atoms with Crippen molar-refractivity contribution >= 4 is 50.8 Å². The van der Waals surface area contributed by atoms with Gasteiger partial charge < -0.3 is 9.64 Å². The number of carbonyl (C=O) groups excluding carboxylic acids is 3. The average Bonchev–Trinajstić information content (AvgIpc) is 3.05. The largest absolute Gasteiger partial charge is 0.466 e. The lowest BCUT2D eigenvalue weighted by molar-refractivity contribution is -0.142. The van der Waals surface area contributed by atoms with E-state index in [0.717, 1.165) is 35.5 Å². The van der Waals surface area contributed by atoms with Gasteiger partial charge in [0.05, 0.1) is 39.9 Å². The molecule has 0 radical (unpaired) electrons. The van der Waals surface area contributed by atoms with Crippen molar-refractivity contribution < 1.29 is 19.1 Å². The maximum atomic E-state index is 12.5. The van der Waals surface area contributed by atoms with Gasteiger partial charge in [-0.05, 0) is 65.5 Å². The Labute approximate surface area is 205 Å². The molecule has 0 bridgehead atoms. The van der Waals surface area contributed by atoms with Crippen molar-refractivity contribution in [2.24, 2.45) is 10.2 Å². The number of esters is 1. The molecule has 0 aromatic heterocycles. The number of fused-ring (bicyclic) bond motifs is 2. The predicted octanol–water partition coefficient (Wildman–Crippen LogP) is 4.67. The number of aryl methyl sites for hydroxylation is 1. The molecule has 0 spiro atoms. The summed E-state index contributed by atoms with van der Waals surface area (Å²) < 4.78 is 5.30. The fourth-order valence-corrected chi connectivity index (χ4v) is 4.84. The molecule has 4 rings (SSSR count). The number of benzene rings is 2. The minimum Gasteiger partial charge on any atom is -0.466 e. The van der Waals surface area contributed by atoms with Crippen LogP contribution >= 0.6 is 15.9 Å². The highest BCUT2D eigenvalue weighted by atomic mass is 79.9. The predicted molar refractivity (Wildman–Crippen MR) is 128 cm³/mol.